The average molecular weight is 282 g/mol. The Bertz CT molecular complexity index is 807. The number of hydrogen-bond acceptors (Lipinski definition) is 1. The maximum Gasteiger partial charge on any atom is 0.252 e. The van der Waals surface area contributed by atoms with Crippen LogP contribution in [0.4, 0.5) is 4.39 Å². The zero-order valence-electron chi connectivity index (χ0n) is 11.6. The van der Waals surface area contributed by atoms with Gasteiger partial charge in [0.2, 0.25) is 0 Å². The summed E-state index contributed by atoms with van der Waals surface area (Å²) in [5.41, 5.74) is 1.50. The second-order valence-electron chi connectivity index (χ2n) is 4.93. The molecular weight excluding hydrogens is 267 g/mol. The Morgan fingerprint density at radius 1 is 1.10 bits per heavy atom. The van der Waals surface area contributed by atoms with E-state index in [1.807, 2.05) is 29.9 Å². The molecule has 3 nitrogen and oxygen atoms in total. The summed E-state index contributed by atoms with van der Waals surface area (Å²) in [6.07, 6.45) is 1.93. The van der Waals surface area contributed by atoms with E-state index >= 15 is 0 Å². The summed E-state index contributed by atoms with van der Waals surface area (Å²) in [6.45, 7) is 0.439. The molecule has 0 aliphatic carbocycles. The summed E-state index contributed by atoms with van der Waals surface area (Å²) in [4.78, 5) is 12.3. The molecule has 0 spiro atoms. The summed E-state index contributed by atoms with van der Waals surface area (Å²) in [5, 5.41) is 3.96. The third-order valence-electron chi connectivity index (χ3n) is 3.60. The highest BCUT2D eigenvalue weighted by atomic mass is 19.1. The van der Waals surface area contributed by atoms with E-state index in [0.29, 0.717) is 22.9 Å². The van der Waals surface area contributed by atoms with Crippen LogP contribution in [0.3, 0.4) is 0 Å². The number of aromatic nitrogens is 1. The van der Waals surface area contributed by atoms with Crippen LogP contribution in [0.5, 0.6) is 0 Å². The number of aryl methyl sites for hydroxylation is 1. The molecule has 0 saturated carbocycles. The average Bonchev–Trinajstić information content (AvgIpc) is 2.91. The van der Waals surface area contributed by atoms with Crippen molar-refractivity contribution in [2.24, 2.45) is 7.05 Å². The number of nitrogens with zero attached hydrogens (tertiary/aromatic N) is 1. The van der Waals surface area contributed by atoms with Crippen LogP contribution in [-0.4, -0.2) is 10.5 Å². The van der Waals surface area contributed by atoms with E-state index in [4.69, 9.17) is 0 Å². The van der Waals surface area contributed by atoms with Gasteiger partial charge >= 0.3 is 0 Å². The summed E-state index contributed by atoms with van der Waals surface area (Å²) in [6, 6.07) is 13.7. The highest BCUT2D eigenvalue weighted by Crippen LogP contribution is 2.21. The minimum Gasteiger partial charge on any atom is -0.353 e. The molecule has 4 heteroatoms. The van der Waals surface area contributed by atoms with Crippen molar-refractivity contribution >= 4 is 16.7 Å². The molecule has 1 aromatic heterocycles. The lowest BCUT2D eigenvalue weighted by Crippen LogP contribution is -2.24. The molecule has 0 aliphatic rings. The fourth-order valence-corrected chi connectivity index (χ4v) is 2.41. The second kappa shape index (κ2) is 5.40. The largest absolute Gasteiger partial charge is 0.353 e. The molecular formula is C17H15FN2O. The Morgan fingerprint density at radius 3 is 2.57 bits per heavy atom. The van der Waals surface area contributed by atoms with E-state index in [-0.39, 0.29) is 11.7 Å². The topological polar surface area (TPSA) is 34.0 Å². The van der Waals surface area contributed by atoms with Crippen molar-refractivity contribution in [3.63, 3.8) is 0 Å². The third kappa shape index (κ3) is 2.52. The Balaban J connectivity index is 1.88. The molecule has 1 N–H and O–H groups in total. The molecule has 1 heterocycles. The zero-order chi connectivity index (χ0) is 14.8. The van der Waals surface area contributed by atoms with E-state index in [0.717, 1.165) is 5.69 Å². The van der Waals surface area contributed by atoms with Gasteiger partial charge in [-0.3, -0.25) is 4.79 Å². The summed E-state index contributed by atoms with van der Waals surface area (Å²) in [5.74, 6) is -0.517. The van der Waals surface area contributed by atoms with Gasteiger partial charge in [0.25, 0.3) is 5.91 Å². The Hall–Kier alpha value is -2.62. The summed E-state index contributed by atoms with van der Waals surface area (Å²) < 4.78 is 15.7. The van der Waals surface area contributed by atoms with Gasteiger partial charge in [0.05, 0.1) is 6.54 Å². The monoisotopic (exact) mass is 282 g/mol. The smallest absolute Gasteiger partial charge is 0.252 e. The van der Waals surface area contributed by atoms with E-state index in [2.05, 4.69) is 5.32 Å². The minimum absolute atomic E-state index is 0.201. The van der Waals surface area contributed by atoms with Gasteiger partial charge in [0, 0.05) is 29.9 Å². The molecule has 106 valence electrons. The molecule has 1 amide bonds. The number of benzene rings is 2. The van der Waals surface area contributed by atoms with Crippen molar-refractivity contribution in [1.82, 2.24) is 9.88 Å². The first-order valence-electron chi connectivity index (χ1n) is 6.72. The van der Waals surface area contributed by atoms with E-state index in [1.54, 1.807) is 24.3 Å². The zero-order valence-corrected chi connectivity index (χ0v) is 11.6. The van der Waals surface area contributed by atoms with Crippen LogP contribution in [0.2, 0.25) is 0 Å². The number of carbonyl (C=O) groups is 1. The number of amides is 1. The van der Waals surface area contributed by atoms with Crippen LogP contribution in [0.15, 0.2) is 54.7 Å². The van der Waals surface area contributed by atoms with Crippen LogP contribution in [0.1, 0.15) is 16.1 Å². The molecule has 3 aromatic rings. The Kier molecular flexibility index (Phi) is 3.44. The van der Waals surface area contributed by atoms with Crippen LogP contribution in [0, 0.1) is 5.82 Å². The highest BCUT2D eigenvalue weighted by molar-refractivity contribution is 6.07. The lowest BCUT2D eigenvalue weighted by molar-refractivity contribution is 0.0952. The predicted molar refractivity (Wildman–Crippen MR) is 80.5 cm³/mol. The number of carbonyl (C=O) groups excluding carboxylic acids is 1. The molecule has 0 aliphatic heterocycles. The Labute approximate surface area is 122 Å². The first kappa shape index (κ1) is 13.4. The van der Waals surface area contributed by atoms with Crippen LogP contribution < -0.4 is 5.32 Å². The van der Waals surface area contributed by atoms with Crippen molar-refractivity contribution in [3.8, 4) is 0 Å². The van der Waals surface area contributed by atoms with E-state index < -0.39 is 0 Å². The number of rotatable bonds is 3. The first-order valence-corrected chi connectivity index (χ1v) is 6.72. The fourth-order valence-electron chi connectivity index (χ4n) is 2.41. The quantitative estimate of drug-likeness (QED) is 0.786. The first-order chi connectivity index (χ1) is 10.2. The van der Waals surface area contributed by atoms with Crippen LogP contribution >= 0.6 is 0 Å². The number of nitrogens with one attached hydrogen (secondary N) is 1. The SMILES string of the molecule is Cn1cccc1CNC(=O)c1ccc(F)c2ccccc12. The van der Waals surface area contributed by atoms with Gasteiger partial charge in [-0.15, -0.1) is 0 Å². The molecule has 0 atom stereocenters. The summed E-state index contributed by atoms with van der Waals surface area (Å²) in [7, 11) is 1.93. The molecule has 0 bridgehead atoms. The van der Waals surface area contributed by atoms with E-state index in [9.17, 15) is 9.18 Å². The second-order valence-corrected chi connectivity index (χ2v) is 4.93. The maximum atomic E-state index is 13.8. The Morgan fingerprint density at radius 2 is 1.86 bits per heavy atom. The van der Waals surface area contributed by atoms with Crippen molar-refractivity contribution in [1.29, 1.82) is 0 Å². The van der Waals surface area contributed by atoms with Gasteiger partial charge in [-0.1, -0.05) is 24.3 Å². The van der Waals surface area contributed by atoms with Gasteiger partial charge < -0.3 is 9.88 Å². The van der Waals surface area contributed by atoms with Crippen molar-refractivity contribution in [2.75, 3.05) is 0 Å². The van der Waals surface area contributed by atoms with Crippen molar-refractivity contribution in [3.05, 3.63) is 71.8 Å². The predicted octanol–water partition coefficient (Wildman–Crippen LogP) is 3.25. The van der Waals surface area contributed by atoms with E-state index in [1.165, 1.54) is 12.1 Å². The normalized spacial score (nSPS) is 10.8. The van der Waals surface area contributed by atoms with Gasteiger partial charge in [0.1, 0.15) is 5.82 Å². The van der Waals surface area contributed by atoms with Crippen molar-refractivity contribution in [2.45, 2.75) is 6.54 Å². The molecule has 3 rings (SSSR count). The molecule has 0 radical (unpaired) electrons. The standard InChI is InChI=1S/C17H15FN2O/c1-20-10-4-5-12(20)11-19-17(21)15-8-9-16(18)14-7-3-2-6-13(14)15/h2-10H,11H2,1H3,(H,19,21). The lowest BCUT2D eigenvalue weighted by Gasteiger charge is -2.09. The number of fused-ring (bicyclic) bond motifs is 1. The highest BCUT2D eigenvalue weighted by Gasteiger charge is 2.12. The van der Waals surface area contributed by atoms with Crippen molar-refractivity contribution < 1.29 is 9.18 Å². The number of halogens is 1. The van der Waals surface area contributed by atoms with Crippen LogP contribution in [0.25, 0.3) is 10.8 Å². The lowest BCUT2D eigenvalue weighted by atomic mass is 10.0. The molecule has 2 aromatic carbocycles. The molecule has 0 unspecified atom stereocenters. The maximum absolute atomic E-state index is 13.8. The number of hydrogen-bond donors (Lipinski definition) is 1. The molecule has 0 saturated heterocycles. The van der Waals surface area contributed by atoms with Crippen LogP contribution in [-0.2, 0) is 13.6 Å². The van der Waals surface area contributed by atoms with Gasteiger partial charge in [0.15, 0.2) is 0 Å². The van der Waals surface area contributed by atoms with Gasteiger partial charge in [-0.25, -0.2) is 4.39 Å². The molecule has 0 fully saturated rings. The minimum atomic E-state index is -0.315. The van der Waals surface area contributed by atoms with Gasteiger partial charge in [-0.05, 0) is 29.7 Å². The van der Waals surface area contributed by atoms with Gasteiger partial charge in [-0.2, -0.15) is 0 Å². The fraction of sp³-hybridized carbons (Fsp3) is 0.118. The summed E-state index contributed by atoms with van der Waals surface area (Å²) >= 11 is 0. The third-order valence-corrected chi connectivity index (χ3v) is 3.60. The molecule has 21 heavy (non-hydrogen) atoms.